The molecule has 1 aromatic heterocycles. The standard InChI is InChI=1S/C17H25FN6O/c1-21-3-5-23(6-4-21)16(25)14-7-12-10-24(11-15(12)22(14)2)17-19-8-13(18)9-20-17/h8-9,12,14-15H,3-7,10-11H2,1-2H3/t12-,14-,15+/m0/s1. The van der Waals surface area contributed by atoms with Gasteiger partial charge in [0.1, 0.15) is 0 Å². The third-order valence-corrected chi connectivity index (χ3v) is 5.94. The summed E-state index contributed by atoms with van der Waals surface area (Å²) >= 11 is 0. The number of hydrogen-bond acceptors (Lipinski definition) is 6. The Morgan fingerprint density at radius 3 is 2.44 bits per heavy atom. The number of amides is 1. The van der Waals surface area contributed by atoms with Crippen molar-refractivity contribution in [2.75, 3.05) is 58.3 Å². The van der Waals surface area contributed by atoms with Gasteiger partial charge in [0, 0.05) is 45.3 Å². The molecule has 0 bridgehead atoms. The van der Waals surface area contributed by atoms with Gasteiger partial charge in [-0.25, -0.2) is 14.4 Å². The Bertz CT molecular complexity index is 633. The molecule has 4 heterocycles. The second-order valence-electron chi connectivity index (χ2n) is 7.48. The Labute approximate surface area is 147 Å². The zero-order valence-electron chi connectivity index (χ0n) is 14.8. The molecule has 1 amide bonds. The molecule has 3 fully saturated rings. The second-order valence-corrected chi connectivity index (χ2v) is 7.48. The van der Waals surface area contributed by atoms with Crippen LogP contribution in [0.15, 0.2) is 12.4 Å². The highest BCUT2D eigenvalue weighted by Crippen LogP contribution is 2.36. The van der Waals surface area contributed by atoms with Crippen LogP contribution in [0.3, 0.4) is 0 Å². The fraction of sp³-hybridized carbons (Fsp3) is 0.706. The highest BCUT2D eigenvalue weighted by molar-refractivity contribution is 5.82. The predicted molar refractivity (Wildman–Crippen MR) is 91.7 cm³/mol. The summed E-state index contributed by atoms with van der Waals surface area (Å²) in [6.45, 7) is 5.16. The maximum Gasteiger partial charge on any atom is 0.240 e. The quantitative estimate of drug-likeness (QED) is 0.744. The van der Waals surface area contributed by atoms with Crippen molar-refractivity contribution in [1.29, 1.82) is 0 Å². The summed E-state index contributed by atoms with van der Waals surface area (Å²) in [5.74, 6) is 0.860. The van der Waals surface area contributed by atoms with Gasteiger partial charge in [0.2, 0.25) is 11.9 Å². The zero-order chi connectivity index (χ0) is 17.6. The molecule has 25 heavy (non-hydrogen) atoms. The van der Waals surface area contributed by atoms with E-state index in [2.05, 4.69) is 38.8 Å². The summed E-state index contributed by atoms with van der Waals surface area (Å²) in [7, 11) is 4.15. The molecule has 1 aromatic rings. The molecule has 0 unspecified atom stereocenters. The maximum absolute atomic E-state index is 13.0. The van der Waals surface area contributed by atoms with E-state index in [1.807, 2.05) is 4.90 Å². The maximum atomic E-state index is 13.0. The van der Waals surface area contributed by atoms with Crippen LogP contribution in [-0.4, -0.2) is 96.0 Å². The van der Waals surface area contributed by atoms with E-state index < -0.39 is 5.82 Å². The van der Waals surface area contributed by atoms with Crippen LogP contribution < -0.4 is 4.90 Å². The Morgan fingerprint density at radius 2 is 1.80 bits per heavy atom. The number of hydrogen-bond donors (Lipinski definition) is 0. The van der Waals surface area contributed by atoms with E-state index in [9.17, 15) is 9.18 Å². The van der Waals surface area contributed by atoms with Crippen molar-refractivity contribution in [3.05, 3.63) is 18.2 Å². The lowest BCUT2D eigenvalue weighted by Crippen LogP contribution is -2.53. The Kier molecular flexibility index (Phi) is 4.33. The molecule has 0 spiro atoms. The van der Waals surface area contributed by atoms with E-state index in [4.69, 9.17) is 0 Å². The fourth-order valence-corrected chi connectivity index (χ4v) is 4.38. The minimum Gasteiger partial charge on any atom is -0.339 e. The van der Waals surface area contributed by atoms with Crippen LogP contribution in [0.25, 0.3) is 0 Å². The van der Waals surface area contributed by atoms with Crippen LogP contribution in [0.4, 0.5) is 10.3 Å². The Morgan fingerprint density at radius 1 is 1.12 bits per heavy atom. The van der Waals surface area contributed by atoms with Gasteiger partial charge in [0.25, 0.3) is 0 Å². The Balaban J connectivity index is 1.39. The van der Waals surface area contributed by atoms with Crippen molar-refractivity contribution >= 4 is 11.9 Å². The summed E-state index contributed by atoms with van der Waals surface area (Å²) in [4.78, 5) is 29.7. The van der Waals surface area contributed by atoms with Crippen LogP contribution in [0.1, 0.15) is 6.42 Å². The van der Waals surface area contributed by atoms with Gasteiger partial charge in [-0.3, -0.25) is 9.69 Å². The van der Waals surface area contributed by atoms with Crippen LogP contribution in [-0.2, 0) is 4.79 Å². The van der Waals surface area contributed by atoms with Crippen molar-refractivity contribution in [3.8, 4) is 0 Å². The first-order chi connectivity index (χ1) is 12.0. The average molecular weight is 348 g/mol. The van der Waals surface area contributed by atoms with Crippen LogP contribution >= 0.6 is 0 Å². The van der Waals surface area contributed by atoms with Crippen LogP contribution in [0, 0.1) is 11.7 Å². The number of aromatic nitrogens is 2. The van der Waals surface area contributed by atoms with E-state index in [1.165, 1.54) is 12.4 Å². The van der Waals surface area contributed by atoms with E-state index in [0.717, 1.165) is 45.7 Å². The molecule has 3 saturated heterocycles. The molecule has 8 heteroatoms. The van der Waals surface area contributed by atoms with E-state index in [-0.39, 0.29) is 11.9 Å². The zero-order valence-corrected chi connectivity index (χ0v) is 14.8. The van der Waals surface area contributed by atoms with Crippen molar-refractivity contribution < 1.29 is 9.18 Å². The largest absolute Gasteiger partial charge is 0.339 e. The van der Waals surface area contributed by atoms with Gasteiger partial charge < -0.3 is 14.7 Å². The van der Waals surface area contributed by atoms with Crippen molar-refractivity contribution in [2.45, 2.75) is 18.5 Å². The molecule has 0 saturated carbocycles. The molecule has 0 N–H and O–H groups in total. The van der Waals surface area contributed by atoms with Crippen molar-refractivity contribution in [1.82, 2.24) is 24.7 Å². The van der Waals surface area contributed by atoms with Crippen LogP contribution in [0.2, 0.25) is 0 Å². The van der Waals surface area contributed by atoms with Crippen LogP contribution in [0.5, 0.6) is 0 Å². The second kappa shape index (κ2) is 6.49. The number of nitrogens with zero attached hydrogens (tertiary/aromatic N) is 6. The minimum absolute atomic E-state index is 0.0188. The molecule has 3 aliphatic rings. The van der Waals surface area contributed by atoms with Gasteiger partial charge >= 0.3 is 0 Å². The van der Waals surface area contributed by atoms with Gasteiger partial charge in [0.05, 0.1) is 18.4 Å². The minimum atomic E-state index is -0.418. The monoisotopic (exact) mass is 348 g/mol. The lowest BCUT2D eigenvalue weighted by molar-refractivity contribution is -0.137. The topological polar surface area (TPSA) is 55.8 Å². The molecular weight excluding hydrogens is 323 g/mol. The molecule has 4 rings (SSSR count). The number of piperazine rings is 1. The number of likely N-dealkylation sites (tertiary alicyclic amines) is 1. The molecule has 3 aliphatic heterocycles. The molecule has 0 aliphatic carbocycles. The molecule has 3 atom stereocenters. The Hall–Kier alpha value is -1.80. The SMILES string of the molecule is CN1CCN(C(=O)[C@@H]2C[C@H]3CN(c4ncc(F)cn4)C[C@H]3N2C)CC1. The lowest BCUT2D eigenvalue weighted by Gasteiger charge is -2.36. The molecule has 7 nitrogen and oxygen atoms in total. The van der Waals surface area contributed by atoms with Gasteiger partial charge in [-0.1, -0.05) is 0 Å². The summed E-state index contributed by atoms with van der Waals surface area (Å²) in [6, 6.07) is 0.310. The van der Waals surface area contributed by atoms with Crippen molar-refractivity contribution in [3.63, 3.8) is 0 Å². The normalized spacial score (nSPS) is 30.8. The lowest BCUT2D eigenvalue weighted by atomic mass is 10.0. The summed E-state index contributed by atoms with van der Waals surface area (Å²) in [5, 5.41) is 0. The fourth-order valence-electron chi connectivity index (χ4n) is 4.38. The van der Waals surface area contributed by atoms with Gasteiger partial charge in [-0.05, 0) is 26.4 Å². The molecule has 0 radical (unpaired) electrons. The number of anilines is 1. The first-order valence-corrected chi connectivity index (χ1v) is 8.94. The summed E-state index contributed by atoms with van der Waals surface area (Å²) in [6.07, 6.45) is 3.30. The summed E-state index contributed by atoms with van der Waals surface area (Å²) in [5.41, 5.74) is 0. The van der Waals surface area contributed by atoms with E-state index in [0.29, 0.717) is 17.9 Å². The highest BCUT2D eigenvalue weighted by atomic mass is 19.1. The van der Waals surface area contributed by atoms with E-state index in [1.54, 1.807) is 0 Å². The number of likely N-dealkylation sites (N-methyl/N-ethyl adjacent to an activating group) is 2. The molecule has 0 aromatic carbocycles. The van der Waals surface area contributed by atoms with Crippen molar-refractivity contribution in [2.24, 2.45) is 5.92 Å². The number of carbonyl (C=O) groups excluding carboxylic acids is 1. The number of carbonyl (C=O) groups is 1. The predicted octanol–water partition coefficient (Wildman–Crippen LogP) is -0.101. The first kappa shape index (κ1) is 16.7. The number of rotatable bonds is 2. The van der Waals surface area contributed by atoms with Gasteiger partial charge in [-0.2, -0.15) is 0 Å². The first-order valence-electron chi connectivity index (χ1n) is 8.94. The van der Waals surface area contributed by atoms with Gasteiger partial charge in [0.15, 0.2) is 5.82 Å². The van der Waals surface area contributed by atoms with Gasteiger partial charge in [-0.15, -0.1) is 0 Å². The average Bonchev–Trinajstić information content (AvgIpc) is 3.15. The molecule has 136 valence electrons. The third-order valence-electron chi connectivity index (χ3n) is 5.94. The smallest absolute Gasteiger partial charge is 0.240 e. The number of halogens is 1. The summed E-state index contributed by atoms with van der Waals surface area (Å²) < 4.78 is 13.0. The molecular formula is C17H25FN6O. The highest BCUT2D eigenvalue weighted by Gasteiger charge is 2.48. The number of fused-ring (bicyclic) bond motifs is 1. The third kappa shape index (κ3) is 3.08. The van der Waals surface area contributed by atoms with E-state index >= 15 is 0 Å².